The van der Waals surface area contributed by atoms with Crippen LogP contribution < -0.4 is 0 Å². The van der Waals surface area contributed by atoms with Crippen LogP contribution in [0.5, 0.6) is 0 Å². The Kier molecular flexibility index (Phi) is 2.82. The zero-order chi connectivity index (χ0) is 12.4. The summed E-state index contributed by atoms with van der Waals surface area (Å²) in [5.41, 5.74) is 2.88. The number of thiophene rings is 1. The monoisotopic (exact) mass is 254 g/mol. The van der Waals surface area contributed by atoms with Crippen LogP contribution in [0, 0.1) is 0 Å². The SMILES string of the molecule is O=C1C=C(c2ccccc2)C(=Cc2ccsc2)O1. The third kappa shape index (κ3) is 2.13. The maximum absolute atomic E-state index is 11.4. The summed E-state index contributed by atoms with van der Waals surface area (Å²) in [4.78, 5) is 11.4. The van der Waals surface area contributed by atoms with E-state index >= 15 is 0 Å². The molecule has 0 saturated heterocycles. The minimum atomic E-state index is -0.310. The van der Waals surface area contributed by atoms with Gasteiger partial charge in [0, 0.05) is 11.6 Å². The highest BCUT2D eigenvalue weighted by molar-refractivity contribution is 7.08. The molecule has 1 aliphatic rings. The summed E-state index contributed by atoms with van der Waals surface area (Å²) < 4.78 is 5.24. The van der Waals surface area contributed by atoms with Gasteiger partial charge in [0.15, 0.2) is 0 Å². The van der Waals surface area contributed by atoms with Gasteiger partial charge in [0.1, 0.15) is 5.76 Å². The Morgan fingerprint density at radius 3 is 2.67 bits per heavy atom. The van der Waals surface area contributed by atoms with Crippen LogP contribution in [0.25, 0.3) is 11.6 Å². The predicted molar refractivity (Wildman–Crippen MR) is 72.8 cm³/mol. The molecule has 2 heterocycles. The standard InChI is InChI=1S/C15H10O2S/c16-15-9-13(12-4-2-1-3-5-12)14(17-15)8-11-6-7-18-10-11/h1-10H. The second-order valence-corrected chi connectivity index (χ2v) is 4.69. The number of hydrogen-bond donors (Lipinski definition) is 0. The summed E-state index contributed by atoms with van der Waals surface area (Å²) in [6.45, 7) is 0. The molecule has 0 aliphatic carbocycles. The van der Waals surface area contributed by atoms with Gasteiger partial charge in [0.25, 0.3) is 0 Å². The maximum atomic E-state index is 11.4. The maximum Gasteiger partial charge on any atom is 0.336 e. The van der Waals surface area contributed by atoms with Gasteiger partial charge < -0.3 is 4.74 Å². The molecule has 3 rings (SSSR count). The summed E-state index contributed by atoms with van der Waals surface area (Å²) in [6, 6.07) is 11.8. The van der Waals surface area contributed by atoms with Crippen molar-refractivity contribution in [2.45, 2.75) is 0 Å². The first kappa shape index (κ1) is 11.0. The molecule has 88 valence electrons. The Labute approximate surface area is 109 Å². The zero-order valence-electron chi connectivity index (χ0n) is 9.50. The average Bonchev–Trinajstić information content (AvgIpc) is 3.01. The van der Waals surface area contributed by atoms with Crippen molar-refractivity contribution in [2.24, 2.45) is 0 Å². The van der Waals surface area contributed by atoms with E-state index in [0.717, 1.165) is 16.7 Å². The molecule has 0 bridgehead atoms. The van der Waals surface area contributed by atoms with E-state index < -0.39 is 0 Å². The van der Waals surface area contributed by atoms with E-state index in [0.29, 0.717) is 5.76 Å². The molecule has 1 aromatic heterocycles. The molecule has 2 nitrogen and oxygen atoms in total. The van der Waals surface area contributed by atoms with Crippen LogP contribution in [0.15, 0.2) is 59.0 Å². The Morgan fingerprint density at radius 1 is 1.11 bits per heavy atom. The molecule has 0 atom stereocenters. The minimum absolute atomic E-state index is 0.310. The van der Waals surface area contributed by atoms with E-state index in [1.54, 1.807) is 11.3 Å². The van der Waals surface area contributed by atoms with Crippen LogP contribution >= 0.6 is 11.3 Å². The number of benzene rings is 1. The van der Waals surface area contributed by atoms with Gasteiger partial charge in [-0.05, 0) is 34.0 Å². The van der Waals surface area contributed by atoms with Gasteiger partial charge in [0.05, 0.1) is 0 Å². The van der Waals surface area contributed by atoms with Crippen LogP contribution in [0.3, 0.4) is 0 Å². The smallest absolute Gasteiger partial charge is 0.336 e. The van der Waals surface area contributed by atoms with Crippen molar-refractivity contribution in [2.75, 3.05) is 0 Å². The fourth-order valence-corrected chi connectivity index (χ4v) is 2.46. The van der Waals surface area contributed by atoms with Gasteiger partial charge >= 0.3 is 5.97 Å². The van der Waals surface area contributed by atoms with Gasteiger partial charge in [-0.2, -0.15) is 11.3 Å². The fraction of sp³-hybridized carbons (Fsp3) is 0. The molecule has 0 saturated carbocycles. The van der Waals surface area contributed by atoms with Crippen LogP contribution in [0.4, 0.5) is 0 Å². The highest BCUT2D eigenvalue weighted by Gasteiger charge is 2.21. The lowest BCUT2D eigenvalue weighted by molar-refractivity contribution is -0.132. The third-order valence-corrected chi connectivity index (χ3v) is 3.37. The van der Waals surface area contributed by atoms with Gasteiger partial charge in [-0.25, -0.2) is 4.79 Å². The summed E-state index contributed by atoms with van der Waals surface area (Å²) in [6.07, 6.45) is 3.42. The Balaban J connectivity index is 2.02. The molecular weight excluding hydrogens is 244 g/mol. The molecule has 0 radical (unpaired) electrons. The quantitative estimate of drug-likeness (QED) is 0.763. The van der Waals surface area contributed by atoms with E-state index in [1.807, 2.05) is 53.2 Å². The van der Waals surface area contributed by atoms with Gasteiger partial charge in [-0.1, -0.05) is 30.3 Å². The van der Waals surface area contributed by atoms with E-state index in [-0.39, 0.29) is 5.97 Å². The molecule has 0 N–H and O–H groups in total. The highest BCUT2D eigenvalue weighted by Crippen LogP contribution is 2.31. The Morgan fingerprint density at radius 2 is 1.94 bits per heavy atom. The van der Waals surface area contributed by atoms with Crippen LogP contribution in [-0.4, -0.2) is 5.97 Å². The average molecular weight is 254 g/mol. The fourth-order valence-electron chi connectivity index (χ4n) is 1.84. The number of carbonyl (C=O) groups excluding carboxylic acids is 1. The highest BCUT2D eigenvalue weighted by atomic mass is 32.1. The summed E-state index contributed by atoms with van der Waals surface area (Å²) >= 11 is 1.62. The van der Waals surface area contributed by atoms with E-state index in [4.69, 9.17) is 4.74 Å². The van der Waals surface area contributed by atoms with Crippen molar-refractivity contribution in [3.8, 4) is 0 Å². The number of allylic oxidation sites excluding steroid dienone is 1. The van der Waals surface area contributed by atoms with Crippen molar-refractivity contribution in [1.29, 1.82) is 0 Å². The number of hydrogen-bond acceptors (Lipinski definition) is 3. The molecule has 0 fully saturated rings. The number of rotatable bonds is 2. The zero-order valence-corrected chi connectivity index (χ0v) is 10.3. The number of ether oxygens (including phenoxy) is 1. The number of cyclic esters (lactones) is 1. The van der Waals surface area contributed by atoms with Crippen molar-refractivity contribution in [3.63, 3.8) is 0 Å². The van der Waals surface area contributed by atoms with Crippen LogP contribution in [0.1, 0.15) is 11.1 Å². The first-order valence-electron chi connectivity index (χ1n) is 5.56. The predicted octanol–water partition coefficient (Wildman–Crippen LogP) is 3.73. The van der Waals surface area contributed by atoms with Gasteiger partial charge in [-0.15, -0.1) is 0 Å². The number of carbonyl (C=O) groups is 1. The summed E-state index contributed by atoms with van der Waals surface area (Å²) in [5, 5.41) is 4.01. The molecule has 1 aliphatic heterocycles. The van der Waals surface area contributed by atoms with Crippen LogP contribution in [0.2, 0.25) is 0 Å². The lowest BCUT2D eigenvalue weighted by atomic mass is 10.0. The summed E-state index contributed by atoms with van der Waals surface area (Å²) in [5.74, 6) is 0.305. The van der Waals surface area contributed by atoms with E-state index in [1.165, 1.54) is 6.08 Å². The van der Waals surface area contributed by atoms with Crippen molar-refractivity contribution < 1.29 is 9.53 Å². The second kappa shape index (κ2) is 4.63. The van der Waals surface area contributed by atoms with Crippen molar-refractivity contribution in [1.82, 2.24) is 0 Å². The largest absolute Gasteiger partial charge is 0.423 e. The first-order chi connectivity index (χ1) is 8.83. The Bertz CT molecular complexity index is 622. The molecule has 2 aromatic rings. The number of esters is 1. The molecular formula is C15H10O2S. The van der Waals surface area contributed by atoms with Gasteiger partial charge in [-0.3, -0.25) is 0 Å². The van der Waals surface area contributed by atoms with E-state index in [2.05, 4.69) is 0 Å². The Hall–Kier alpha value is -2.13. The van der Waals surface area contributed by atoms with E-state index in [9.17, 15) is 4.79 Å². The topological polar surface area (TPSA) is 26.3 Å². The van der Waals surface area contributed by atoms with Crippen molar-refractivity contribution in [3.05, 3.63) is 70.1 Å². The molecule has 1 aromatic carbocycles. The van der Waals surface area contributed by atoms with Crippen LogP contribution in [-0.2, 0) is 9.53 Å². The molecule has 3 heteroatoms. The minimum Gasteiger partial charge on any atom is -0.423 e. The molecule has 18 heavy (non-hydrogen) atoms. The molecule has 0 spiro atoms. The first-order valence-corrected chi connectivity index (χ1v) is 6.50. The summed E-state index contributed by atoms with van der Waals surface area (Å²) in [7, 11) is 0. The lowest BCUT2D eigenvalue weighted by Crippen LogP contribution is -1.91. The molecule has 0 amide bonds. The van der Waals surface area contributed by atoms with Gasteiger partial charge in [0.2, 0.25) is 0 Å². The third-order valence-electron chi connectivity index (χ3n) is 2.66. The second-order valence-electron chi connectivity index (χ2n) is 3.91. The lowest BCUT2D eigenvalue weighted by Gasteiger charge is -2.03. The molecule has 0 unspecified atom stereocenters. The normalized spacial score (nSPS) is 16.8. The van der Waals surface area contributed by atoms with Crippen molar-refractivity contribution >= 4 is 29.0 Å².